The molecule has 0 radical (unpaired) electrons. The standard InChI is InChI=1S/C27H32N4O2S/c1-5-7-8-17-31-19(4)23(24(28-27(31)34)20-11-9-18(3)10-12-20)26-29-25(30-33-26)21-13-15-22(16-14-21)32-6-2/h9-16,24H,5-8,17H2,1-4H3,(H,28,34). The highest BCUT2D eigenvalue weighted by Crippen LogP contribution is 2.37. The molecule has 3 aromatic rings. The number of rotatable bonds is 9. The van der Waals surface area contributed by atoms with E-state index in [2.05, 4.69) is 60.4 Å². The van der Waals surface area contributed by atoms with E-state index in [1.165, 1.54) is 5.56 Å². The Morgan fingerprint density at radius 3 is 2.44 bits per heavy atom. The molecule has 0 saturated heterocycles. The summed E-state index contributed by atoms with van der Waals surface area (Å²) in [6.07, 6.45) is 3.38. The molecule has 34 heavy (non-hydrogen) atoms. The number of ether oxygens (including phenoxy) is 1. The lowest BCUT2D eigenvalue weighted by Crippen LogP contribution is -2.46. The van der Waals surface area contributed by atoms with Gasteiger partial charge in [0, 0.05) is 17.8 Å². The van der Waals surface area contributed by atoms with Gasteiger partial charge in [0.1, 0.15) is 5.75 Å². The Hall–Kier alpha value is -3.19. The van der Waals surface area contributed by atoms with Gasteiger partial charge in [-0.2, -0.15) is 4.98 Å². The number of unbranched alkanes of at least 4 members (excludes halogenated alkanes) is 2. The molecule has 1 aromatic heterocycles. The van der Waals surface area contributed by atoms with E-state index in [0.717, 1.165) is 59.1 Å². The summed E-state index contributed by atoms with van der Waals surface area (Å²) in [5, 5.41) is 8.56. The highest BCUT2D eigenvalue weighted by molar-refractivity contribution is 7.80. The number of nitrogens with one attached hydrogen (secondary N) is 1. The molecule has 1 N–H and O–H groups in total. The highest BCUT2D eigenvalue weighted by atomic mass is 32.1. The Balaban J connectivity index is 1.72. The van der Waals surface area contributed by atoms with Crippen LogP contribution in [0, 0.1) is 6.92 Å². The minimum absolute atomic E-state index is 0.163. The second kappa shape index (κ2) is 10.8. The Morgan fingerprint density at radius 1 is 1.03 bits per heavy atom. The van der Waals surface area contributed by atoms with Crippen molar-refractivity contribution in [3.8, 4) is 17.1 Å². The van der Waals surface area contributed by atoms with Crippen molar-refractivity contribution in [2.24, 2.45) is 0 Å². The van der Waals surface area contributed by atoms with Gasteiger partial charge >= 0.3 is 0 Å². The molecule has 178 valence electrons. The molecule has 2 aromatic carbocycles. The monoisotopic (exact) mass is 476 g/mol. The first-order valence-electron chi connectivity index (χ1n) is 11.9. The van der Waals surface area contributed by atoms with Crippen LogP contribution in [0.2, 0.25) is 0 Å². The minimum Gasteiger partial charge on any atom is -0.494 e. The van der Waals surface area contributed by atoms with Gasteiger partial charge in [0.2, 0.25) is 5.82 Å². The third-order valence-electron chi connectivity index (χ3n) is 6.07. The van der Waals surface area contributed by atoms with Crippen LogP contribution < -0.4 is 10.1 Å². The number of aryl methyl sites for hydroxylation is 1. The molecule has 0 aliphatic carbocycles. The number of thiocarbonyl (C=S) groups is 1. The fourth-order valence-electron chi connectivity index (χ4n) is 4.17. The zero-order valence-corrected chi connectivity index (χ0v) is 21.1. The Labute approximate surface area is 207 Å². The van der Waals surface area contributed by atoms with Crippen molar-refractivity contribution in [3.63, 3.8) is 0 Å². The molecule has 4 rings (SSSR count). The molecule has 0 fully saturated rings. The van der Waals surface area contributed by atoms with Gasteiger partial charge in [0.25, 0.3) is 5.89 Å². The zero-order valence-electron chi connectivity index (χ0n) is 20.3. The molecule has 0 spiro atoms. The molecule has 2 heterocycles. The van der Waals surface area contributed by atoms with Gasteiger partial charge in [-0.3, -0.25) is 0 Å². The molecule has 1 unspecified atom stereocenters. The van der Waals surface area contributed by atoms with E-state index >= 15 is 0 Å². The van der Waals surface area contributed by atoms with Crippen LogP contribution in [0.15, 0.2) is 58.8 Å². The molecular weight excluding hydrogens is 444 g/mol. The minimum atomic E-state index is -0.163. The summed E-state index contributed by atoms with van der Waals surface area (Å²) in [6.45, 7) is 9.83. The highest BCUT2D eigenvalue weighted by Gasteiger charge is 2.33. The summed E-state index contributed by atoms with van der Waals surface area (Å²) in [4.78, 5) is 6.95. The maximum atomic E-state index is 5.83. The largest absolute Gasteiger partial charge is 0.494 e. The molecule has 6 nitrogen and oxygen atoms in total. The van der Waals surface area contributed by atoms with Crippen LogP contribution in [-0.2, 0) is 0 Å². The van der Waals surface area contributed by atoms with Crippen LogP contribution in [-0.4, -0.2) is 33.3 Å². The maximum absolute atomic E-state index is 5.83. The van der Waals surface area contributed by atoms with E-state index in [0.29, 0.717) is 18.3 Å². The normalized spacial score (nSPS) is 16.1. The van der Waals surface area contributed by atoms with E-state index in [-0.39, 0.29) is 6.04 Å². The van der Waals surface area contributed by atoms with Gasteiger partial charge < -0.3 is 19.5 Å². The number of hydrogen-bond acceptors (Lipinski definition) is 5. The second-order valence-electron chi connectivity index (χ2n) is 8.53. The Kier molecular flexibility index (Phi) is 7.63. The lowest BCUT2D eigenvalue weighted by Gasteiger charge is -2.37. The molecule has 1 aliphatic heterocycles. The topological polar surface area (TPSA) is 63.4 Å². The predicted molar refractivity (Wildman–Crippen MR) is 139 cm³/mol. The van der Waals surface area contributed by atoms with Gasteiger partial charge in [0.15, 0.2) is 5.11 Å². The fourth-order valence-corrected chi connectivity index (χ4v) is 4.52. The van der Waals surface area contributed by atoms with Crippen LogP contribution in [0.25, 0.3) is 17.0 Å². The van der Waals surface area contributed by atoms with Crippen molar-refractivity contribution >= 4 is 22.9 Å². The molecule has 0 bridgehead atoms. The third-order valence-corrected chi connectivity index (χ3v) is 6.41. The Morgan fingerprint density at radius 2 is 1.76 bits per heavy atom. The van der Waals surface area contributed by atoms with Crippen molar-refractivity contribution in [3.05, 3.63) is 71.2 Å². The summed E-state index contributed by atoms with van der Waals surface area (Å²) in [5.41, 5.74) is 5.20. The first-order valence-corrected chi connectivity index (χ1v) is 12.3. The second-order valence-corrected chi connectivity index (χ2v) is 8.92. The van der Waals surface area contributed by atoms with Crippen LogP contribution >= 0.6 is 12.2 Å². The van der Waals surface area contributed by atoms with Crippen LogP contribution in [0.4, 0.5) is 0 Å². The van der Waals surface area contributed by atoms with Crippen LogP contribution in [0.3, 0.4) is 0 Å². The van der Waals surface area contributed by atoms with E-state index in [4.69, 9.17) is 26.5 Å². The van der Waals surface area contributed by atoms with E-state index in [9.17, 15) is 0 Å². The van der Waals surface area contributed by atoms with Crippen LogP contribution in [0.5, 0.6) is 5.75 Å². The summed E-state index contributed by atoms with van der Waals surface area (Å²) in [6, 6.07) is 16.0. The third kappa shape index (κ3) is 5.14. The lowest BCUT2D eigenvalue weighted by atomic mass is 9.94. The zero-order chi connectivity index (χ0) is 24.1. The van der Waals surface area contributed by atoms with Crippen molar-refractivity contribution in [2.75, 3.05) is 13.2 Å². The molecule has 7 heteroatoms. The van der Waals surface area contributed by atoms with Crippen molar-refractivity contribution < 1.29 is 9.26 Å². The maximum Gasteiger partial charge on any atom is 0.258 e. The average molecular weight is 477 g/mol. The quantitative estimate of drug-likeness (QED) is 0.287. The van der Waals surface area contributed by atoms with E-state index < -0.39 is 0 Å². The number of allylic oxidation sites excluding steroid dienone is 1. The first-order chi connectivity index (χ1) is 16.5. The predicted octanol–water partition coefficient (Wildman–Crippen LogP) is 6.30. The fraction of sp³-hybridized carbons (Fsp3) is 0.370. The van der Waals surface area contributed by atoms with Crippen LogP contribution in [0.1, 0.15) is 63.1 Å². The van der Waals surface area contributed by atoms with E-state index in [1.807, 2.05) is 31.2 Å². The number of nitrogens with zero attached hydrogens (tertiary/aromatic N) is 3. The molecular formula is C27H32N4O2S. The first kappa shape index (κ1) is 24.0. The van der Waals surface area contributed by atoms with Crippen molar-refractivity contribution in [1.82, 2.24) is 20.4 Å². The number of hydrogen-bond donors (Lipinski definition) is 1. The van der Waals surface area contributed by atoms with Crippen molar-refractivity contribution in [1.29, 1.82) is 0 Å². The molecule has 0 amide bonds. The van der Waals surface area contributed by atoms with Gasteiger partial charge in [-0.25, -0.2) is 0 Å². The molecule has 1 atom stereocenters. The summed E-state index contributed by atoms with van der Waals surface area (Å²) in [7, 11) is 0. The van der Waals surface area contributed by atoms with E-state index in [1.54, 1.807) is 0 Å². The van der Waals surface area contributed by atoms with Gasteiger partial charge in [-0.15, -0.1) is 0 Å². The lowest BCUT2D eigenvalue weighted by molar-refractivity contribution is 0.340. The summed E-state index contributed by atoms with van der Waals surface area (Å²) in [5.74, 6) is 1.87. The smallest absolute Gasteiger partial charge is 0.258 e. The number of aromatic nitrogens is 2. The molecule has 1 aliphatic rings. The SMILES string of the molecule is CCCCCN1C(=S)NC(c2ccc(C)cc2)C(c2nc(-c3ccc(OCC)cc3)no2)=C1C. The Bertz CT molecular complexity index is 1150. The van der Waals surface area contributed by atoms with Gasteiger partial charge in [-0.1, -0.05) is 54.8 Å². The summed E-state index contributed by atoms with van der Waals surface area (Å²) >= 11 is 5.78. The number of benzene rings is 2. The summed E-state index contributed by atoms with van der Waals surface area (Å²) < 4.78 is 11.4. The average Bonchev–Trinajstić information content (AvgIpc) is 3.32. The van der Waals surface area contributed by atoms with Gasteiger partial charge in [0.05, 0.1) is 18.2 Å². The van der Waals surface area contributed by atoms with Gasteiger partial charge in [-0.05, 0) is 69.2 Å². The molecule has 0 saturated carbocycles. The van der Waals surface area contributed by atoms with Crippen molar-refractivity contribution in [2.45, 2.75) is 53.0 Å².